The van der Waals surface area contributed by atoms with Crippen LogP contribution in [0.3, 0.4) is 0 Å². The molecule has 1 atom stereocenters. The molecule has 5 rings (SSSR count). The van der Waals surface area contributed by atoms with Gasteiger partial charge in [0.1, 0.15) is 0 Å². The highest BCUT2D eigenvalue weighted by Gasteiger charge is 2.14. The summed E-state index contributed by atoms with van der Waals surface area (Å²) in [4.78, 5) is 9.20. The molecule has 0 saturated carbocycles. The maximum atomic E-state index is 11.8. The first-order valence-electron chi connectivity index (χ1n) is 10.5. The van der Waals surface area contributed by atoms with Crippen molar-refractivity contribution in [1.82, 2.24) is 14.5 Å². The van der Waals surface area contributed by atoms with Crippen molar-refractivity contribution in [1.29, 1.82) is 0 Å². The average Bonchev–Trinajstić information content (AvgIpc) is 3.18. The van der Waals surface area contributed by atoms with Crippen LogP contribution in [0.2, 0.25) is 0 Å². The van der Waals surface area contributed by atoms with E-state index in [1.165, 1.54) is 11.5 Å². The van der Waals surface area contributed by atoms with Gasteiger partial charge in [-0.15, -0.1) is 0 Å². The van der Waals surface area contributed by atoms with Crippen LogP contribution in [0.15, 0.2) is 84.1 Å². The molecule has 166 valence electrons. The maximum Gasteiger partial charge on any atom is 0.238 e. The van der Waals surface area contributed by atoms with E-state index in [0.29, 0.717) is 0 Å². The molecule has 0 aliphatic heterocycles. The van der Waals surface area contributed by atoms with Gasteiger partial charge in [-0.3, -0.25) is 9.97 Å². The third-order valence-corrected chi connectivity index (χ3v) is 6.75. The minimum absolute atomic E-state index is 0.0922. The van der Waals surface area contributed by atoms with Crippen molar-refractivity contribution in [3.8, 4) is 11.1 Å². The third kappa shape index (κ3) is 4.06. The average molecular weight is 458 g/mol. The Kier molecular flexibility index (Phi) is 5.11. The molecule has 33 heavy (non-hydrogen) atoms. The zero-order valence-corrected chi connectivity index (χ0v) is 19.0. The van der Waals surface area contributed by atoms with E-state index in [0.717, 1.165) is 38.9 Å². The van der Waals surface area contributed by atoms with Gasteiger partial charge >= 0.3 is 0 Å². The molecule has 5 aromatic rings. The summed E-state index contributed by atoms with van der Waals surface area (Å²) in [5.74, 6) is 0. The number of nitrogens with two attached hydrogens (primary N) is 1. The molecule has 3 N–H and O–H groups in total. The van der Waals surface area contributed by atoms with Gasteiger partial charge in [0.05, 0.1) is 15.9 Å². The lowest BCUT2D eigenvalue weighted by atomic mass is 10.0. The summed E-state index contributed by atoms with van der Waals surface area (Å²) in [6, 6.07) is 18.9. The summed E-state index contributed by atoms with van der Waals surface area (Å²) in [7, 11) is -1.74. The molecular formula is C25H23N5O2S. The van der Waals surface area contributed by atoms with Gasteiger partial charge in [0.2, 0.25) is 10.0 Å². The number of primary sulfonamides is 1. The first-order valence-corrected chi connectivity index (χ1v) is 12.0. The first kappa shape index (κ1) is 21.1. The molecule has 3 aromatic carbocycles. The van der Waals surface area contributed by atoms with Crippen LogP contribution in [-0.4, -0.2) is 23.0 Å². The van der Waals surface area contributed by atoms with E-state index in [1.807, 2.05) is 32.3 Å². The van der Waals surface area contributed by atoms with Gasteiger partial charge in [-0.05, 0) is 59.8 Å². The Labute approximate surface area is 192 Å². The van der Waals surface area contributed by atoms with Gasteiger partial charge in [-0.25, -0.2) is 13.6 Å². The van der Waals surface area contributed by atoms with Crippen LogP contribution >= 0.6 is 0 Å². The number of hydrogen-bond acceptors (Lipinski definition) is 5. The van der Waals surface area contributed by atoms with E-state index in [2.05, 4.69) is 50.2 Å². The number of benzene rings is 3. The highest BCUT2D eigenvalue weighted by Crippen LogP contribution is 2.33. The number of anilines is 1. The maximum absolute atomic E-state index is 11.8. The Morgan fingerprint density at radius 1 is 1.00 bits per heavy atom. The topological polar surface area (TPSA) is 103 Å². The van der Waals surface area contributed by atoms with E-state index in [-0.39, 0.29) is 10.9 Å². The molecular weight excluding hydrogens is 434 g/mol. The summed E-state index contributed by atoms with van der Waals surface area (Å²) in [6.45, 7) is 1.97. The third-order valence-electron chi connectivity index (χ3n) is 5.84. The number of hydrogen-bond donors (Lipinski definition) is 2. The minimum atomic E-state index is -3.77. The van der Waals surface area contributed by atoms with Gasteiger partial charge < -0.3 is 9.88 Å². The summed E-state index contributed by atoms with van der Waals surface area (Å²) in [5.41, 5.74) is 6.41. The fourth-order valence-corrected chi connectivity index (χ4v) is 4.67. The second-order valence-corrected chi connectivity index (χ2v) is 9.69. The second kappa shape index (κ2) is 7.99. The van der Waals surface area contributed by atoms with Gasteiger partial charge in [0.25, 0.3) is 0 Å². The Balaban J connectivity index is 1.58. The van der Waals surface area contributed by atoms with Crippen molar-refractivity contribution in [3.05, 3.63) is 84.8 Å². The summed E-state index contributed by atoms with van der Waals surface area (Å²) in [5, 5.41) is 9.95. The molecule has 2 aromatic heterocycles. The van der Waals surface area contributed by atoms with Crippen LogP contribution in [0.1, 0.15) is 18.5 Å². The number of rotatable bonds is 5. The second-order valence-electron chi connectivity index (χ2n) is 8.13. The van der Waals surface area contributed by atoms with Crippen molar-refractivity contribution < 1.29 is 8.42 Å². The summed E-state index contributed by atoms with van der Waals surface area (Å²) >= 11 is 0. The zero-order chi connectivity index (χ0) is 23.2. The van der Waals surface area contributed by atoms with E-state index in [9.17, 15) is 8.42 Å². The number of fused-ring (bicyclic) bond motifs is 2. The lowest BCUT2D eigenvalue weighted by molar-refractivity contribution is 0.597. The minimum Gasteiger partial charge on any atom is -0.378 e. The predicted octanol–water partition coefficient (Wildman–Crippen LogP) is 4.61. The van der Waals surface area contributed by atoms with Crippen LogP contribution in [0.5, 0.6) is 0 Å². The van der Waals surface area contributed by atoms with E-state index in [4.69, 9.17) is 5.14 Å². The molecule has 1 unspecified atom stereocenters. The molecule has 0 bridgehead atoms. The summed E-state index contributed by atoms with van der Waals surface area (Å²) in [6.07, 6.45) is 5.42. The highest BCUT2D eigenvalue weighted by atomic mass is 32.2. The standard InChI is InChI=1S/C25H23N5O2S/c1-16(18-4-3-5-21(12-18)33(26,31)32)29-20-14-22(25-23(15-20)27-9-10-28-25)19-7-6-17-8-11-30(2)24(17)13-19/h3-16,29H,1-2H3,(H2,26,31,32). The van der Waals surface area contributed by atoms with Crippen molar-refractivity contribution in [2.45, 2.75) is 17.9 Å². The van der Waals surface area contributed by atoms with Gasteiger partial charge in [-0.2, -0.15) is 0 Å². The fraction of sp³-hybridized carbons (Fsp3) is 0.120. The molecule has 0 radical (unpaired) electrons. The molecule has 0 aliphatic carbocycles. The van der Waals surface area contributed by atoms with Crippen molar-refractivity contribution in [3.63, 3.8) is 0 Å². The first-order chi connectivity index (χ1) is 15.8. The zero-order valence-electron chi connectivity index (χ0n) is 18.2. The van der Waals surface area contributed by atoms with Crippen LogP contribution in [0, 0.1) is 0 Å². The predicted molar refractivity (Wildman–Crippen MR) is 131 cm³/mol. The van der Waals surface area contributed by atoms with Gasteiger partial charge in [0, 0.05) is 48.4 Å². The lowest BCUT2D eigenvalue weighted by Gasteiger charge is -2.18. The Hall–Kier alpha value is -3.75. The lowest BCUT2D eigenvalue weighted by Crippen LogP contribution is -2.13. The van der Waals surface area contributed by atoms with Gasteiger partial charge in [0.15, 0.2) is 0 Å². The monoisotopic (exact) mass is 457 g/mol. The summed E-state index contributed by atoms with van der Waals surface area (Å²) < 4.78 is 25.6. The van der Waals surface area contributed by atoms with Gasteiger partial charge in [-0.1, -0.05) is 24.3 Å². The smallest absolute Gasteiger partial charge is 0.238 e. The largest absolute Gasteiger partial charge is 0.378 e. The van der Waals surface area contributed by atoms with Crippen molar-refractivity contribution in [2.75, 3.05) is 5.32 Å². The van der Waals surface area contributed by atoms with Crippen LogP contribution < -0.4 is 10.5 Å². The number of aryl methyl sites for hydroxylation is 1. The molecule has 2 heterocycles. The number of sulfonamides is 1. The fourth-order valence-electron chi connectivity index (χ4n) is 4.10. The molecule has 7 nitrogen and oxygen atoms in total. The van der Waals surface area contributed by atoms with Crippen molar-refractivity contribution >= 4 is 37.6 Å². The Morgan fingerprint density at radius 2 is 1.82 bits per heavy atom. The van der Waals surface area contributed by atoms with Crippen LogP contribution in [-0.2, 0) is 17.1 Å². The van der Waals surface area contributed by atoms with Crippen LogP contribution in [0.4, 0.5) is 5.69 Å². The molecule has 8 heteroatoms. The van der Waals surface area contributed by atoms with Crippen LogP contribution in [0.25, 0.3) is 33.1 Å². The van der Waals surface area contributed by atoms with E-state index < -0.39 is 10.0 Å². The number of nitrogens with one attached hydrogen (secondary N) is 1. The Morgan fingerprint density at radius 3 is 2.64 bits per heavy atom. The Bertz CT molecular complexity index is 1610. The van der Waals surface area contributed by atoms with E-state index >= 15 is 0 Å². The quantitative estimate of drug-likeness (QED) is 0.401. The highest BCUT2D eigenvalue weighted by molar-refractivity contribution is 7.89. The molecule has 0 spiro atoms. The molecule has 0 amide bonds. The van der Waals surface area contributed by atoms with E-state index in [1.54, 1.807) is 24.5 Å². The number of aromatic nitrogens is 3. The molecule has 0 saturated heterocycles. The molecule has 0 fully saturated rings. The molecule has 0 aliphatic rings. The normalized spacial score (nSPS) is 12.8. The number of nitrogens with zero attached hydrogens (tertiary/aromatic N) is 3. The van der Waals surface area contributed by atoms with Crippen molar-refractivity contribution in [2.24, 2.45) is 12.2 Å². The SMILES string of the molecule is CC(Nc1cc(-c2ccc3ccn(C)c3c2)c2nccnc2c1)c1cccc(S(N)(=O)=O)c1.